The Bertz CT molecular complexity index is 718. The number of ether oxygens (including phenoxy) is 1. The zero-order valence-corrected chi connectivity index (χ0v) is 12.8. The summed E-state index contributed by atoms with van der Waals surface area (Å²) in [6, 6.07) is 0.385. The van der Waals surface area contributed by atoms with Gasteiger partial charge in [-0.1, -0.05) is 0 Å². The molecule has 1 fully saturated rings. The highest BCUT2D eigenvalue weighted by atomic mass is 32.2. The van der Waals surface area contributed by atoms with E-state index in [9.17, 15) is 26.4 Å². The lowest BCUT2D eigenvalue weighted by Crippen LogP contribution is -2.49. The third kappa shape index (κ3) is 3.65. The van der Waals surface area contributed by atoms with Crippen LogP contribution in [0.3, 0.4) is 0 Å². The molecule has 0 unspecified atom stereocenters. The van der Waals surface area contributed by atoms with Gasteiger partial charge in [0.15, 0.2) is 11.6 Å². The van der Waals surface area contributed by atoms with Crippen molar-refractivity contribution in [1.29, 1.82) is 0 Å². The Labute approximate surface area is 130 Å². The molecule has 10 heteroatoms. The normalized spacial score (nSPS) is 17.9. The van der Waals surface area contributed by atoms with Crippen LogP contribution in [0.2, 0.25) is 0 Å². The Morgan fingerprint density at radius 2 is 1.74 bits per heavy atom. The van der Waals surface area contributed by atoms with Crippen LogP contribution in [0.5, 0.6) is 0 Å². The first-order valence-electron chi connectivity index (χ1n) is 6.70. The fourth-order valence-corrected chi connectivity index (χ4v) is 3.49. The van der Waals surface area contributed by atoms with Crippen LogP contribution < -0.4 is 10.5 Å². The zero-order chi connectivity index (χ0) is 17.3. The van der Waals surface area contributed by atoms with Crippen LogP contribution in [-0.2, 0) is 19.6 Å². The van der Waals surface area contributed by atoms with Crippen molar-refractivity contribution in [2.45, 2.75) is 17.7 Å². The molecule has 1 aliphatic rings. The number of primary amides is 1. The van der Waals surface area contributed by atoms with Gasteiger partial charge in [-0.2, -0.15) is 0 Å². The van der Waals surface area contributed by atoms with Gasteiger partial charge in [0.2, 0.25) is 15.9 Å². The lowest BCUT2D eigenvalue weighted by molar-refractivity contribution is -0.132. The maximum atomic E-state index is 13.6. The standard InChI is InChI=1S/C13H15F3N2O4S/c14-8-5-10(16)11(6-9(8)15)23(20,21)18-7-13(12(17)19)1-3-22-4-2-13/h5-6,18H,1-4,7H2,(H2,17,19). The fraction of sp³-hybridized carbons (Fsp3) is 0.462. The Kier molecular flexibility index (Phi) is 4.97. The molecule has 0 saturated carbocycles. The summed E-state index contributed by atoms with van der Waals surface area (Å²) in [7, 11) is -4.48. The highest BCUT2D eigenvalue weighted by molar-refractivity contribution is 7.89. The van der Waals surface area contributed by atoms with E-state index in [-0.39, 0.29) is 44.7 Å². The summed E-state index contributed by atoms with van der Waals surface area (Å²) in [5.41, 5.74) is 4.16. The summed E-state index contributed by atoms with van der Waals surface area (Å²) >= 11 is 0. The number of rotatable bonds is 5. The molecule has 0 radical (unpaired) electrons. The van der Waals surface area contributed by atoms with E-state index in [1.54, 1.807) is 0 Å². The summed E-state index contributed by atoms with van der Waals surface area (Å²) < 4.78 is 71.0. The van der Waals surface area contributed by atoms with Crippen LogP contribution in [0.1, 0.15) is 12.8 Å². The van der Waals surface area contributed by atoms with E-state index in [2.05, 4.69) is 0 Å². The van der Waals surface area contributed by atoms with Gasteiger partial charge < -0.3 is 10.5 Å². The quantitative estimate of drug-likeness (QED) is 0.761. The molecule has 1 heterocycles. The summed E-state index contributed by atoms with van der Waals surface area (Å²) in [5.74, 6) is -5.15. The first-order chi connectivity index (χ1) is 10.7. The predicted octanol–water partition coefficient (Wildman–Crippen LogP) is 0.664. The van der Waals surface area contributed by atoms with Gasteiger partial charge in [-0.05, 0) is 18.9 Å². The Balaban J connectivity index is 2.24. The molecule has 0 aliphatic carbocycles. The lowest BCUT2D eigenvalue weighted by atomic mass is 9.80. The molecule has 1 aromatic rings. The van der Waals surface area contributed by atoms with Gasteiger partial charge in [-0.3, -0.25) is 4.79 Å². The molecule has 2 rings (SSSR count). The molecule has 23 heavy (non-hydrogen) atoms. The number of hydrogen-bond donors (Lipinski definition) is 2. The molecule has 0 atom stereocenters. The van der Waals surface area contributed by atoms with E-state index in [0.29, 0.717) is 0 Å². The van der Waals surface area contributed by atoms with Gasteiger partial charge in [0.25, 0.3) is 0 Å². The van der Waals surface area contributed by atoms with E-state index in [4.69, 9.17) is 10.5 Å². The second-order valence-electron chi connectivity index (χ2n) is 5.28. The third-order valence-corrected chi connectivity index (χ3v) is 5.25. The lowest BCUT2D eigenvalue weighted by Gasteiger charge is -2.34. The molecule has 0 spiro atoms. The molecule has 1 aromatic carbocycles. The average Bonchev–Trinajstić information content (AvgIpc) is 2.49. The molecule has 6 nitrogen and oxygen atoms in total. The minimum absolute atomic E-state index is 0.141. The van der Waals surface area contributed by atoms with Crippen LogP contribution in [0.25, 0.3) is 0 Å². The van der Waals surface area contributed by atoms with Crippen LogP contribution in [0.15, 0.2) is 17.0 Å². The molecular formula is C13H15F3N2O4S. The third-order valence-electron chi connectivity index (χ3n) is 3.84. The monoisotopic (exact) mass is 352 g/mol. The van der Waals surface area contributed by atoms with Crippen molar-refractivity contribution >= 4 is 15.9 Å². The Morgan fingerprint density at radius 1 is 1.17 bits per heavy atom. The van der Waals surface area contributed by atoms with Gasteiger partial charge in [0.1, 0.15) is 10.7 Å². The number of carbonyl (C=O) groups is 1. The SMILES string of the molecule is NC(=O)C1(CNS(=O)(=O)c2cc(F)c(F)cc2F)CCOCC1. The molecule has 1 saturated heterocycles. The Morgan fingerprint density at radius 3 is 2.30 bits per heavy atom. The van der Waals surface area contributed by atoms with Crippen molar-refractivity contribution < 1.29 is 31.1 Å². The van der Waals surface area contributed by atoms with Crippen LogP contribution in [0, 0.1) is 22.9 Å². The maximum absolute atomic E-state index is 13.6. The highest BCUT2D eigenvalue weighted by Crippen LogP contribution is 2.30. The van der Waals surface area contributed by atoms with Crippen molar-refractivity contribution in [3.8, 4) is 0 Å². The van der Waals surface area contributed by atoms with Crippen molar-refractivity contribution in [2.75, 3.05) is 19.8 Å². The maximum Gasteiger partial charge on any atom is 0.243 e. The molecule has 3 N–H and O–H groups in total. The first-order valence-corrected chi connectivity index (χ1v) is 8.18. The second kappa shape index (κ2) is 6.46. The van der Waals surface area contributed by atoms with E-state index in [1.807, 2.05) is 4.72 Å². The minimum atomic E-state index is -4.48. The number of nitrogens with one attached hydrogen (secondary N) is 1. The van der Waals surface area contributed by atoms with Gasteiger partial charge >= 0.3 is 0 Å². The number of nitrogens with two attached hydrogens (primary N) is 1. The summed E-state index contributed by atoms with van der Waals surface area (Å²) in [5, 5.41) is 0. The molecule has 0 aromatic heterocycles. The van der Waals surface area contributed by atoms with E-state index in [1.165, 1.54) is 0 Å². The number of sulfonamides is 1. The predicted molar refractivity (Wildman–Crippen MR) is 73.2 cm³/mol. The fourth-order valence-electron chi connectivity index (χ4n) is 2.29. The topological polar surface area (TPSA) is 98.5 Å². The van der Waals surface area contributed by atoms with Gasteiger partial charge in [0.05, 0.1) is 5.41 Å². The van der Waals surface area contributed by atoms with Crippen LogP contribution >= 0.6 is 0 Å². The van der Waals surface area contributed by atoms with Gasteiger partial charge in [0, 0.05) is 25.8 Å². The number of hydrogen-bond acceptors (Lipinski definition) is 4. The van der Waals surface area contributed by atoms with Crippen LogP contribution in [-0.4, -0.2) is 34.1 Å². The summed E-state index contributed by atoms with van der Waals surface area (Å²) in [6.07, 6.45) is 0.399. The van der Waals surface area contributed by atoms with E-state index >= 15 is 0 Å². The van der Waals surface area contributed by atoms with Crippen molar-refractivity contribution in [3.63, 3.8) is 0 Å². The number of amides is 1. The number of carbonyl (C=O) groups excluding carboxylic acids is 1. The number of benzene rings is 1. The van der Waals surface area contributed by atoms with Gasteiger partial charge in [-0.15, -0.1) is 0 Å². The largest absolute Gasteiger partial charge is 0.381 e. The zero-order valence-electron chi connectivity index (χ0n) is 11.9. The first kappa shape index (κ1) is 17.7. The minimum Gasteiger partial charge on any atom is -0.381 e. The van der Waals surface area contributed by atoms with Crippen molar-refractivity contribution in [1.82, 2.24) is 4.72 Å². The summed E-state index contributed by atoms with van der Waals surface area (Å²) in [4.78, 5) is 10.6. The van der Waals surface area contributed by atoms with Crippen molar-refractivity contribution in [2.24, 2.45) is 11.1 Å². The molecular weight excluding hydrogens is 337 g/mol. The molecule has 128 valence electrons. The highest BCUT2D eigenvalue weighted by Gasteiger charge is 2.39. The second-order valence-corrected chi connectivity index (χ2v) is 7.01. The van der Waals surface area contributed by atoms with Crippen molar-refractivity contribution in [3.05, 3.63) is 29.6 Å². The van der Waals surface area contributed by atoms with E-state index in [0.717, 1.165) is 0 Å². The Hall–Kier alpha value is -1.65. The molecule has 0 bridgehead atoms. The van der Waals surface area contributed by atoms with Crippen LogP contribution in [0.4, 0.5) is 13.2 Å². The molecule has 1 aliphatic heterocycles. The smallest absolute Gasteiger partial charge is 0.243 e. The molecule has 1 amide bonds. The summed E-state index contributed by atoms with van der Waals surface area (Å²) in [6.45, 7) is 0.0703. The number of halogens is 3. The van der Waals surface area contributed by atoms with E-state index < -0.39 is 43.7 Å². The van der Waals surface area contributed by atoms with Gasteiger partial charge in [-0.25, -0.2) is 26.3 Å². The average molecular weight is 352 g/mol.